The van der Waals surface area contributed by atoms with Crippen molar-refractivity contribution in [3.8, 4) is 0 Å². The number of halogens is 1. The molecule has 0 radical (unpaired) electrons. The van der Waals surface area contributed by atoms with E-state index in [1.165, 1.54) is 12.1 Å². The number of nitrogens with zero attached hydrogens (tertiary/aromatic N) is 3. The molecular weight excluding hydrogens is 263 g/mol. The molecule has 0 saturated carbocycles. The van der Waals surface area contributed by atoms with Gasteiger partial charge in [-0.3, -0.25) is 0 Å². The predicted molar refractivity (Wildman–Crippen MR) is 72.3 cm³/mol. The highest BCUT2D eigenvalue weighted by Gasteiger charge is 2.15. The highest BCUT2D eigenvalue weighted by Crippen LogP contribution is 2.12. The summed E-state index contributed by atoms with van der Waals surface area (Å²) in [5.41, 5.74) is 8.52. The van der Waals surface area contributed by atoms with Gasteiger partial charge in [0.15, 0.2) is 0 Å². The van der Waals surface area contributed by atoms with Crippen LogP contribution in [0.4, 0.5) is 9.18 Å². The third-order valence-corrected chi connectivity index (χ3v) is 2.26. The summed E-state index contributed by atoms with van der Waals surface area (Å²) in [5.74, 6) is -0.471. The fourth-order valence-electron chi connectivity index (χ4n) is 1.43. The van der Waals surface area contributed by atoms with Crippen LogP contribution < -0.4 is 5.32 Å². The zero-order chi connectivity index (χ0) is 15.2. The summed E-state index contributed by atoms with van der Waals surface area (Å²) in [6.45, 7) is 5.40. The van der Waals surface area contributed by atoms with Crippen molar-refractivity contribution >= 4 is 6.09 Å². The van der Waals surface area contributed by atoms with Crippen LogP contribution in [0.25, 0.3) is 10.4 Å². The van der Waals surface area contributed by atoms with Gasteiger partial charge >= 0.3 is 6.09 Å². The van der Waals surface area contributed by atoms with Gasteiger partial charge in [0, 0.05) is 11.5 Å². The number of azide groups is 1. The Hall–Kier alpha value is -2.27. The van der Waals surface area contributed by atoms with E-state index in [2.05, 4.69) is 15.3 Å². The first-order valence-corrected chi connectivity index (χ1v) is 6.07. The molecule has 0 saturated heterocycles. The first-order valence-electron chi connectivity index (χ1n) is 6.07. The SMILES string of the molecule is CC(C)(C)OC(=O)NCc1ccc(CN=[N+]=[N-])c(F)c1. The Morgan fingerprint density at radius 3 is 2.75 bits per heavy atom. The normalized spacial score (nSPS) is 10.6. The molecule has 0 atom stereocenters. The van der Waals surface area contributed by atoms with Crippen molar-refractivity contribution in [1.29, 1.82) is 0 Å². The van der Waals surface area contributed by atoms with E-state index in [1.807, 2.05) is 0 Å². The van der Waals surface area contributed by atoms with Gasteiger partial charge in [-0.05, 0) is 43.5 Å². The van der Waals surface area contributed by atoms with Gasteiger partial charge in [0.05, 0.1) is 6.54 Å². The lowest BCUT2D eigenvalue weighted by molar-refractivity contribution is 0.0523. The lowest BCUT2D eigenvalue weighted by Gasteiger charge is -2.19. The Balaban J connectivity index is 2.59. The van der Waals surface area contributed by atoms with Gasteiger partial charge in [-0.1, -0.05) is 17.2 Å². The zero-order valence-corrected chi connectivity index (χ0v) is 11.7. The van der Waals surface area contributed by atoms with E-state index in [9.17, 15) is 9.18 Å². The van der Waals surface area contributed by atoms with Crippen molar-refractivity contribution in [1.82, 2.24) is 5.32 Å². The van der Waals surface area contributed by atoms with Gasteiger partial charge in [0.25, 0.3) is 0 Å². The Kier molecular flexibility index (Phi) is 5.34. The molecule has 1 rings (SSSR count). The molecule has 0 unspecified atom stereocenters. The molecule has 0 aliphatic heterocycles. The predicted octanol–water partition coefficient (Wildman–Crippen LogP) is 3.66. The van der Waals surface area contributed by atoms with Crippen molar-refractivity contribution < 1.29 is 13.9 Å². The Morgan fingerprint density at radius 2 is 2.20 bits per heavy atom. The van der Waals surface area contributed by atoms with E-state index in [1.54, 1.807) is 26.8 Å². The topological polar surface area (TPSA) is 87.1 Å². The number of rotatable bonds is 4. The van der Waals surface area contributed by atoms with E-state index in [4.69, 9.17) is 10.3 Å². The number of ether oxygens (including phenoxy) is 1. The summed E-state index contributed by atoms with van der Waals surface area (Å²) in [6, 6.07) is 4.47. The molecule has 0 aliphatic rings. The van der Waals surface area contributed by atoms with Crippen molar-refractivity contribution in [3.63, 3.8) is 0 Å². The van der Waals surface area contributed by atoms with Crippen molar-refractivity contribution in [3.05, 3.63) is 45.6 Å². The van der Waals surface area contributed by atoms with Crippen LogP contribution >= 0.6 is 0 Å². The molecule has 0 fully saturated rings. The minimum absolute atomic E-state index is 0.0396. The van der Waals surface area contributed by atoms with Gasteiger partial charge < -0.3 is 10.1 Å². The molecule has 1 aromatic rings. The molecule has 0 aliphatic carbocycles. The second kappa shape index (κ2) is 6.77. The van der Waals surface area contributed by atoms with Crippen LogP contribution in [0.3, 0.4) is 0 Å². The highest BCUT2D eigenvalue weighted by molar-refractivity contribution is 5.67. The van der Waals surface area contributed by atoms with Crippen LogP contribution in [0.5, 0.6) is 0 Å². The molecule has 6 nitrogen and oxygen atoms in total. The van der Waals surface area contributed by atoms with Crippen LogP contribution in [0.1, 0.15) is 31.9 Å². The van der Waals surface area contributed by atoms with Crippen molar-refractivity contribution in [2.75, 3.05) is 0 Å². The van der Waals surface area contributed by atoms with Gasteiger partial charge in [-0.25, -0.2) is 9.18 Å². The molecule has 20 heavy (non-hydrogen) atoms. The maximum Gasteiger partial charge on any atom is 0.407 e. The number of hydrogen-bond acceptors (Lipinski definition) is 3. The molecule has 1 N–H and O–H groups in total. The third-order valence-electron chi connectivity index (χ3n) is 2.26. The van der Waals surface area contributed by atoms with E-state index < -0.39 is 17.5 Å². The number of carbonyl (C=O) groups is 1. The standard InChI is InChI=1S/C13H17FN4O2/c1-13(2,3)20-12(19)16-7-9-4-5-10(8-17-18-15)11(14)6-9/h4-6H,7-8H2,1-3H3,(H,16,19). The van der Waals surface area contributed by atoms with Crippen LogP contribution in [0, 0.1) is 5.82 Å². The first kappa shape index (κ1) is 15.8. The largest absolute Gasteiger partial charge is 0.444 e. The van der Waals surface area contributed by atoms with Crippen molar-refractivity contribution in [2.45, 2.75) is 39.5 Å². The van der Waals surface area contributed by atoms with Gasteiger partial charge in [0.1, 0.15) is 11.4 Å². The zero-order valence-electron chi connectivity index (χ0n) is 11.7. The second-order valence-corrected chi connectivity index (χ2v) is 5.17. The van der Waals surface area contributed by atoms with Crippen LogP contribution in [-0.4, -0.2) is 11.7 Å². The summed E-state index contributed by atoms with van der Waals surface area (Å²) in [4.78, 5) is 14.0. The molecule has 0 aromatic heterocycles. The number of hydrogen-bond donors (Lipinski definition) is 1. The van der Waals surface area contributed by atoms with Crippen LogP contribution in [-0.2, 0) is 17.8 Å². The minimum atomic E-state index is -0.575. The summed E-state index contributed by atoms with van der Waals surface area (Å²) in [5, 5.41) is 5.83. The van der Waals surface area contributed by atoms with Crippen LogP contribution in [0.2, 0.25) is 0 Å². The third kappa shape index (κ3) is 5.58. The molecule has 1 amide bonds. The summed E-state index contributed by atoms with van der Waals surface area (Å²) in [7, 11) is 0. The second-order valence-electron chi connectivity index (χ2n) is 5.17. The van der Waals surface area contributed by atoms with E-state index in [0.717, 1.165) is 0 Å². The Morgan fingerprint density at radius 1 is 1.50 bits per heavy atom. The lowest BCUT2D eigenvalue weighted by atomic mass is 10.1. The number of nitrogens with one attached hydrogen (secondary N) is 1. The summed E-state index contributed by atoms with van der Waals surface area (Å²) >= 11 is 0. The number of amides is 1. The molecule has 0 heterocycles. The average Bonchev–Trinajstić information content (AvgIpc) is 2.33. The van der Waals surface area contributed by atoms with Crippen molar-refractivity contribution in [2.24, 2.45) is 5.11 Å². The number of alkyl carbamates (subject to hydrolysis) is 1. The average molecular weight is 280 g/mol. The lowest BCUT2D eigenvalue weighted by Crippen LogP contribution is -2.32. The minimum Gasteiger partial charge on any atom is -0.444 e. The molecule has 0 spiro atoms. The molecule has 108 valence electrons. The number of benzene rings is 1. The molecule has 7 heteroatoms. The molecule has 1 aromatic carbocycles. The van der Waals surface area contributed by atoms with Gasteiger partial charge in [-0.15, -0.1) is 0 Å². The Labute approximate surface area is 116 Å². The highest BCUT2D eigenvalue weighted by atomic mass is 19.1. The fourth-order valence-corrected chi connectivity index (χ4v) is 1.43. The van der Waals surface area contributed by atoms with Gasteiger partial charge in [-0.2, -0.15) is 0 Å². The van der Waals surface area contributed by atoms with Crippen LogP contribution in [0.15, 0.2) is 23.3 Å². The summed E-state index contributed by atoms with van der Waals surface area (Å²) in [6.07, 6.45) is -0.559. The van der Waals surface area contributed by atoms with E-state index >= 15 is 0 Å². The monoisotopic (exact) mass is 280 g/mol. The molecular formula is C13H17FN4O2. The molecule has 0 bridgehead atoms. The van der Waals surface area contributed by atoms with E-state index in [-0.39, 0.29) is 13.1 Å². The first-order chi connectivity index (χ1) is 9.31. The Bertz CT molecular complexity index is 534. The summed E-state index contributed by atoms with van der Waals surface area (Å²) < 4.78 is 18.7. The maximum absolute atomic E-state index is 13.6. The quantitative estimate of drug-likeness (QED) is 0.518. The number of carbonyl (C=O) groups excluding carboxylic acids is 1. The maximum atomic E-state index is 13.6. The smallest absolute Gasteiger partial charge is 0.407 e. The van der Waals surface area contributed by atoms with E-state index in [0.29, 0.717) is 11.1 Å². The fraction of sp³-hybridized carbons (Fsp3) is 0.462. The van der Waals surface area contributed by atoms with Gasteiger partial charge in [0.2, 0.25) is 0 Å².